The molecule has 0 heterocycles. The SMILES string of the molecule is CC(=O)CCOCCOCCOCCOCCOCCOCCNC(=O)CCC(NC(=O)CCCCCCCCCCCCCCC(=O)O)C(=O)O. The van der Waals surface area contributed by atoms with E-state index >= 15 is 0 Å². The molecule has 0 aliphatic rings. The number of hydrogen-bond acceptors (Lipinski definition) is 11. The van der Waals surface area contributed by atoms with E-state index in [1.807, 2.05) is 0 Å². The minimum absolute atomic E-state index is 0.00711. The first kappa shape index (κ1) is 49.3. The number of carbonyl (C=O) groups excluding carboxylic acids is 3. The molecule has 2 amide bonds. The van der Waals surface area contributed by atoms with Gasteiger partial charge < -0.3 is 49.3 Å². The molecule has 0 aromatic rings. The zero-order valence-corrected chi connectivity index (χ0v) is 31.7. The van der Waals surface area contributed by atoms with Gasteiger partial charge in [0.2, 0.25) is 11.8 Å². The molecule has 15 heteroatoms. The molecule has 0 rings (SSSR count). The van der Waals surface area contributed by atoms with E-state index in [1.54, 1.807) is 0 Å². The second kappa shape index (κ2) is 38.0. The third-order valence-corrected chi connectivity index (χ3v) is 7.86. The van der Waals surface area contributed by atoms with E-state index in [2.05, 4.69) is 10.6 Å². The summed E-state index contributed by atoms with van der Waals surface area (Å²) in [6.45, 7) is 6.80. The van der Waals surface area contributed by atoms with Crippen LogP contribution in [-0.2, 0) is 52.4 Å². The van der Waals surface area contributed by atoms with Gasteiger partial charge in [0, 0.05) is 32.2 Å². The molecule has 52 heavy (non-hydrogen) atoms. The number of unbranched alkanes of at least 4 members (excludes halogenated alkanes) is 11. The molecule has 0 aliphatic heterocycles. The van der Waals surface area contributed by atoms with Gasteiger partial charge in [-0.1, -0.05) is 64.2 Å². The molecule has 0 spiro atoms. The summed E-state index contributed by atoms with van der Waals surface area (Å²) in [5, 5.41) is 23.3. The average Bonchev–Trinajstić information content (AvgIpc) is 3.10. The Bertz CT molecular complexity index is 907. The Morgan fingerprint density at radius 3 is 1.25 bits per heavy atom. The van der Waals surface area contributed by atoms with Crippen molar-refractivity contribution in [3.63, 3.8) is 0 Å². The summed E-state index contributed by atoms with van der Waals surface area (Å²) < 4.78 is 32.3. The van der Waals surface area contributed by atoms with E-state index < -0.39 is 18.0 Å². The Balaban J connectivity index is 3.55. The van der Waals surface area contributed by atoms with E-state index in [1.165, 1.54) is 26.2 Å². The lowest BCUT2D eigenvalue weighted by molar-refractivity contribution is -0.142. The minimum Gasteiger partial charge on any atom is -0.481 e. The van der Waals surface area contributed by atoms with Crippen molar-refractivity contribution in [2.75, 3.05) is 85.8 Å². The number of carbonyl (C=O) groups is 5. The number of carboxylic acid groups (broad SMARTS) is 2. The summed E-state index contributed by atoms with van der Waals surface area (Å²) in [5.41, 5.74) is 0. The van der Waals surface area contributed by atoms with Crippen LogP contribution in [0.4, 0.5) is 0 Å². The summed E-state index contributed by atoms with van der Waals surface area (Å²) in [4.78, 5) is 57.3. The van der Waals surface area contributed by atoms with Crippen LogP contribution in [0.15, 0.2) is 0 Å². The monoisotopic (exact) mass is 748 g/mol. The number of hydrogen-bond donors (Lipinski definition) is 4. The molecule has 15 nitrogen and oxygen atoms in total. The second-order valence-corrected chi connectivity index (χ2v) is 12.6. The van der Waals surface area contributed by atoms with Gasteiger partial charge in [-0.2, -0.15) is 0 Å². The van der Waals surface area contributed by atoms with Crippen molar-refractivity contribution in [2.45, 2.75) is 122 Å². The molecule has 0 saturated heterocycles. The number of ketones is 1. The van der Waals surface area contributed by atoms with Gasteiger partial charge in [-0.15, -0.1) is 0 Å². The largest absolute Gasteiger partial charge is 0.481 e. The zero-order valence-electron chi connectivity index (χ0n) is 31.7. The molecule has 0 aliphatic carbocycles. The number of aliphatic carboxylic acids is 2. The Morgan fingerprint density at radius 2 is 0.846 bits per heavy atom. The fraction of sp³-hybridized carbons (Fsp3) is 0.865. The molecule has 304 valence electrons. The first-order valence-electron chi connectivity index (χ1n) is 19.2. The third kappa shape index (κ3) is 38.5. The van der Waals surface area contributed by atoms with Crippen LogP contribution in [0.25, 0.3) is 0 Å². The maximum Gasteiger partial charge on any atom is 0.326 e. The van der Waals surface area contributed by atoms with Crippen LogP contribution in [0, 0.1) is 0 Å². The predicted octanol–water partition coefficient (Wildman–Crippen LogP) is 4.08. The molecule has 1 unspecified atom stereocenters. The quantitative estimate of drug-likeness (QED) is 0.0652. The van der Waals surface area contributed by atoms with Crippen molar-refractivity contribution in [1.82, 2.24) is 10.6 Å². The highest BCUT2D eigenvalue weighted by atomic mass is 16.6. The molecular weight excluding hydrogens is 680 g/mol. The zero-order chi connectivity index (χ0) is 38.3. The van der Waals surface area contributed by atoms with Crippen molar-refractivity contribution in [3.8, 4) is 0 Å². The lowest BCUT2D eigenvalue weighted by Gasteiger charge is -2.14. The third-order valence-electron chi connectivity index (χ3n) is 7.86. The fourth-order valence-corrected chi connectivity index (χ4v) is 4.90. The number of rotatable bonds is 41. The van der Waals surface area contributed by atoms with E-state index in [0.29, 0.717) is 85.5 Å². The van der Waals surface area contributed by atoms with Gasteiger partial charge in [-0.05, 0) is 26.2 Å². The molecule has 0 aromatic carbocycles. The van der Waals surface area contributed by atoms with Crippen LogP contribution in [0.2, 0.25) is 0 Å². The van der Waals surface area contributed by atoms with Gasteiger partial charge in [0.25, 0.3) is 0 Å². The molecular formula is C37H68N2O13. The van der Waals surface area contributed by atoms with Crippen molar-refractivity contribution in [2.24, 2.45) is 0 Å². The lowest BCUT2D eigenvalue weighted by atomic mass is 10.0. The van der Waals surface area contributed by atoms with E-state index in [-0.39, 0.29) is 56.4 Å². The Kier molecular flexibility index (Phi) is 36.1. The van der Waals surface area contributed by atoms with Gasteiger partial charge in [-0.3, -0.25) is 19.2 Å². The fourth-order valence-electron chi connectivity index (χ4n) is 4.90. The molecule has 0 aromatic heterocycles. The number of carboxylic acids is 2. The number of amides is 2. The van der Waals surface area contributed by atoms with Crippen LogP contribution < -0.4 is 10.6 Å². The minimum atomic E-state index is -1.16. The summed E-state index contributed by atoms with van der Waals surface area (Å²) in [7, 11) is 0. The summed E-state index contributed by atoms with van der Waals surface area (Å²) in [6.07, 6.45) is 13.4. The van der Waals surface area contributed by atoms with Gasteiger partial charge in [0.15, 0.2) is 0 Å². The van der Waals surface area contributed by atoms with Gasteiger partial charge in [-0.25, -0.2) is 4.79 Å². The Hall–Kier alpha value is -2.69. The van der Waals surface area contributed by atoms with Gasteiger partial charge in [0.05, 0.1) is 79.3 Å². The van der Waals surface area contributed by atoms with Crippen molar-refractivity contribution >= 4 is 29.5 Å². The van der Waals surface area contributed by atoms with Crippen molar-refractivity contribution in [3.05, 3.63) is 0 Å². The molecule has 0 bridgehead atoms. The van der Waals surface area contributed by atoms with Crippen LogP contribution in [0.1, 0.15) is 116 Å². The smallest absolute Gasteiger partial charge is 0.326 e. The second-order valence-electron chi connectivity index (χ2n) is 12.6. The molecule has 1 atom stereocenters. The highest BCUT2D eigenvalue weighted by Gasteiger charge is 2.20. The van der Waals surface area contributed by atoms with E-state index in [9.17, 15) is 29.1 Å². The number of Topliss-reactive ketones (excluding diaryl/α,β-unsaturated/α-hetero) is 1. The van der Waals surface area contributed by atoms with E-state index in [0.717, 1.165) is 51.4 Å². The Labute approximate surface area is 310 Å². The van der Waals surface area contributed by atoms with Crippen molar-refractivity contribution < 1.29 is 62.6 Å². The van der Waals surface area contributed by atoms with Crippen LogP contribution in [0.3, 0.4) is 0 Å². The molecule has 4 N–H and O–H groups in total. The molecule has 0 fully saturated rings. The van der Waals surface area contributed by atoms with Crippen molar-refractivity contribution in [1.29, 1.82) is 0 Å². The number of ether oxygens (including phenoxy) is 6. The highest BCUT2D eigenvalue weighted by molar-refractivity contribution is 5.84. The van der Waals surface area contributed by atoms with Crippen LogP contribution in [0.5, 0.6) is 0 Å². The lowest BCUT2D eigenvalue weighted by Crippen LogP contribution is -2.41. The predicted molar refractivity (Wildman–Crippen MR) is 194 cm³/mol. The Morgan fingerprint density at radius 1 is 0.462 bits per heavy atom. The standard InChI is InChI=1S/C37H68N2O13/c1-32(40)18-20-47-22-24-49-26-28-51-30-31-52-29-27-50-25-23-48-21-19-38-34(41)17-16-33(37(45)46)39-35(42)14-12-10-8-6-4-2-3-5-7-9-11-13-15-36(43)44/h33H,2-31H2,1H3,(H,38,41)(H,39,42)(H,43,44)(H,45,46). The van der Waals surface area contributed by atoms with Crippen LogP contribution in [-0.4, -0.2) is 132 Å². The van der Waals surface area contributed by atoms with Crippen LogP contribution >= 0.6 is 0 Å². The first-order valence-corrected chi connectivity index (χ1v) is 19.2. The number of nitrogens with one attached hydrogen (secondary N) is 2. The van der Waals surface area contributed by atoms with E-state index in [4.69, 9.17) is 33.5 Å². The average molecular weight is 749 g/mol. The maximum absolute atomic E-state index is 12.3. The maximum atomic E-state index is 12.3. The molecule has 0 radical (unpaired) electrons. The summed E-state index contributed by atoms with van der Waals surface area (Å²) in [6, 6.07) is -1.11. The highest BCUT2D eigenvalue weighted by Crippen LogP contribution is 2.13. The summed E-state index contributed by atoms with van der Waals surface area (Å²) >= 11 is 0. The molecule has 0 saturated carbocycles. The van der Waals surface area contributed by atoms with Gasteiger partial charge >= 0.3 is 11.9 Å². The normalized spacial score (nSPS) is 11.7. The topological polar surface area (TPSA) is 205 Å². The van der Waals surface area contributed by atoms with Gasteiger partial charge in [0.1, 0.15) is 11.8 Å². The summed E-state index contributed by atoms with van der Waals surface area (Å²) in [5.74, 6) is -2.40. The first-order chi connectivity index (χ1) is 25.2.